The summed E-state index contributed by atoms with van der Waals surface area (Å²) in [5.74, 6) is -1.43. The SMILES string of the molecule is COC(=O)c1ccc(=O)n(-c2cc(Br)cnc2F)c1. The van der Waals surface area contributed by atoms with Crippen molar-refractivity contribution in [2.45, 2.75) is 0 Å². The van der Waals surface area contributed by atoms with E-state index in [-0.39, 0.29) is 11.3 Å². The van der Waals surface area contributed by atoms with E-state index >= 15 is 0 Å². The number of pyridine rings is 2. The van der Waals surface area contributed by atoms with Crippen LogP contribution in [0.2, 0.25) is 0 Å². The first-order valence-electron chi connectivity index (χ1n) is 5.15. The zero-order valence-corrected chi connectivity index (χ0v) is 11.3. The van der Waals surface area contributed by atoms with Crippen LogP contribution >= 0.6 is 15.9 Å². The van der Waals surface area contributed by atoms with Gasteiger partial charge in [-0.3, -0.25) is 9.36 Å². The lowest BCUT2D eigenvalue weighted by atomic mass is 10.2. The second-order valence-corrected chi connectivity index (χ2v) is 4.50. The van der Waals surface area contributed by atoms with Gasteiger partial charge >= 0.3 is 5.97 Å². The number of nitrogens with zero attached hydrogens (tertiary/aromatic N) is 2. The van der Waals surface area contributed by atoms with Gasteiger partial charge in [0.15, 0.2) is 0 Å². The van der Waals surface area contributed by atoms with Crippen molar-refractivity contribution in [1.29, 1.82) is 0 Å². The normalized spacial score (nSPS) is 10.3. The molecular formula is C12H8BrFN2O3. The summed E-state index contributed by atoms with van der Waals surface area (Å²) >= 11 is 3.14. The van der Waals surface area contributed by atoms with Crippen LogP contribution in [0.3, 0.4) is 0 Å². The first-order chi connectivity index (χ1) is 9.02. The summed E-state index contributed by atoms with van der Waals surface area (Å²) in [5, 5.41) is 0. The molecule has 0 spiro atoms. The van der Waals surface area contributed by atoms with Crippen LogP contribution in [-0.4, -0.2) is 22.6 Å². The highest BCUT2D eigenvalue weighted by atomic mass is 79.9. The number of carbonyl (C=O) groups excluding carboxylic acids is 1. The number of rotatable bonds is 2. The van der Waals surface area contributed by atoms with Crippen molar-refractivity contribution in [3.05, 3.63) is 56.9 Å². The van der Waals surface area contributed by atoms with Gasteiger partial charge in [-0.1, -0.05) is 0 Å². The van der Waals surface area contributed by atoms with Crippen LogP contribution in [0.15, 0.2) is 39.9 Å². The Labute approximate surface area is 115 Å². The van der Waals surface area contributed by atoms with Gasteiger partial charge in [-0.15, -0.1) is 0 Å². The Morgan fingerprint density at radius 3 is 2.89 bits per heavy atom. The molecule has 0 aliphatic heterocycles. The number of hydrogen-bond acceptors (Lipinski definition) is 4. The highest BCUT2D eigenvalue weighted by Gasteiger charge is 2.12. The number of halogens is 2. The molecule has 7 heteroatoms. The first-order valence-corrected chi connectivity index (χ1v) is 5.94. The van der Waals surface area contributed by atoms with E-state index in [0.717, 1.165) is 10.6 Å². The Balaban J connectivity index is 2.64. The Hall–Kier alpha value is -2.02. The lowest BCUT2D eigenvalue weighted by molar-refractivity contribution is 0.0600. The Morgan fingerprint density at radius 2 is 2.21 bits per heavy atom. The molecule has 0 bridgehead atoms. The fourth-order valence-corrected chi connectivity index (χ4v) is 1.81. The van der Waals surface area contributed by atoms with Gasteiger partial charge in [-0.05, 0) is 28.1 Å². The van der Waals surface area contributed by atoms with E-state index in [1.807, 2.05) is 0 Å². The van der Waals surface area contributed by atoms with Crippen LogP contribution < -0.4 is 5.56 Å². The molecule has 0 amide bonds. The summed E-state index contributed by atoms with van der Waals surface area (Å²) < 4.78 is 19.7. The molecule has 0 aromatic carbocycles. The van der Waals surface area contributed by atoms with Gasteiger partial charge in [-0.2, -0.15) is 4.39 Å². The van der Waals surface area contributed by atoms with Crippen LogP contribution in [0.4, 0.5) is 4.39 Å². The monoisotopic (exact) mass is 326 g/mol. The molecular weight excluding hydrogens is 319 g/mol. The number of hydrogen-bond donors (Lipinski definition) is 0. The van der Waals surface area contributed by atoms with Crippen LogP contribution in [0.5, 0.6) is 0 Å². The van der Waals surface area contributed by atoms with Crippen LogP contribution in [-0.2, 0) is 4.74 Å². The summed E-state index contributed by atoms with van der Waals surface area (Å²) in [6, 6.07) is 3.87. The molecule has 0 aliphatic carbocycles. The molecule has 0 unspecified atom stereocenters. The van der Waals surface area contributed by atoms with E-state index in [2.05, 4.69) is 25.7 Å². The van der Waals surface area contributed by atoms with E-state index in [0.29, 0.717) is 4.47 Å². The summed E-state index contributed by atoms with van der Waals surface area (Å²) in [6.45, 7) is 0. The van der Waals surface area contributed by atoms with Gasteiger partial charge < -0.3 is 4.74 Å². The van der Waals surface area contributed by atoms with Crippen molar-refractivity contribution in [3.8, 4) is 5.69 Å². The molecule has 2 rings (SSSR count). The molecule has 0 fully saturated rings. The zero-order chi connectivity index (χ0) is 14.0. The van der Waals surface area contributed by atoms with Crippen molar-refractivity contribution in [1.82, 2.24) is 9.55 Å². The fraction of sp³-hybridized carbons (Fsp3) is 0.0833. The summed E-state index contributed by atoms with van der Waals surface area (Å²) in [7, 11) is 1.22. The number of ether oxygens (including phenoxy) is 1. The summed E-state index contributed by atoms with van der Waals surface area (Å²) in [6.07, 6.45) is 2.48. The Morgan fingerprint density at radius 1 is 1.47 bits per heavy atom. The number of carbonyl (C=O) groups is 1. The lowest BCUT2D eigenvalue weighted by Gasteiger charge is -2.08. The van der Waals surface area contributed by atoms with Gasteiger partial charge in [0.2, 0.25) is 5.95 Å². The minimum Gasteiger partial charge on any atom is -0.465 e. The smallest absolute Gasteiger partial charge is 0.339 e. The third-order valence-corrected chi connectivity index (χ3v) is 2.81. The van der Waals surface area contributed by atoms with E-state index < -0.39 is 17.5 Å². The van der Waals surface area contributed by atoms with E-state index in [1.54, 1.807) is 0 Å². The second-order valence-electron chi connectivity index (χ2n) is 3.58. The third kappa shape index (κ3) is 2.70. The fourth-order valence-electron chi connectivity index (χ4n) is 1.49. The number of esters is 1. The summed E-state index contributed by atoms with van der Waals surface area (Å²) in [5.41, 5.74) is -0.391. The largest absolute Gasteiger partial charge is 0.465 e. The average molecular weight is 327 g/mol. The average Bonchev–Trinajstić information content (AvgIpc) is 2.41. The van der Waals surface area contributed by atoms with Gasteiger partial charge in [0.1, 0.15) is 5.69 Å². The molecule has 98 valence electrons. The van der Waals surface area contributed by atoms with Gasteiger partial charge in [0.05, 0.1) is 12.7 Å². The van der Waals surface area contributed by atoms with Gasteiger partial charge in [0.25, 0.3) is 5.56 Å². The van der Waals surface area contributed by atoms with E-state index in [1.165, 1.54) is 31.6 Å². The molecule has 0 N–H and O–H groups in total. The van der Waals surface area contributed by atoms with Crippen molar-refractivity contribution in [2.75, 3.05) is 7.11 Å². The maximum Gasteiger partial charge on any atom is 0.339 e. The van der Waals surface area contributed by atoms with Gasteiger partial charge in [0, 0.05) is 22.9 Å². The van der Waals surface area contributed by atoms with Gasteiger partial charge in [-0.25, -0.2) is 9.78 Å². The maximum atomic E-state index is 13.6. The topological polar surface area (TPSA) is 61.2 Å². The molecule has 0 saturated carbocycles. The molecule has 0 saturated heterocycles. The van der Waals surface area contributed by atoms with E-state index in [4.69, 9.17) is 0 Å². The third-order valence-electron chi connectivity index (χ3n) is 2.38. The van der Waals surface area contributed by atoms with Crippen LogP contribution in [0.1, 0.15) is 10.4 Å². The summed E-state index contributed by atoms with van der Waals surface area (Å²) in [4.78, 5) is 26.7. The predicted octanol–water partition coefficient (Wildman–Crippen LogP) is 1.92. The van der Waals surface area contributed by atoms with E-state index in [9.17, 15) is 14.0 Å². The van der Waals surface area contributed by atoms with Crippen LogP contribution in [0.25, 0.3) is 5.69 Å². The standard InChI is InChI=1S/C12H8BrFN2O3/c1-19-12(18)7-2-3-10(17)16(6-7)9-4-8(13)5-15-11(9)14/h2-6H,1H3. The molecule has 0 radical (unpaired) electrons. The Kier molecular flexibility index (Phi) is 3.75. The molecule has 2 heterocycles. The number of methoxy groups -OCH3 is 1. The number of aromatic nitrogens is 2. The maximum absolute atomic E-state index is 13.6. The minimum absolute atomic E-state index is 0.0508. The second kappa shape index (κ2) is 5.31. The molecule has 0 atom stereocenters. The van der Waals surface area contributed by atoms with Crippen molar-refractivity contribution < 1.29 is 13.9 Å². The molecule has 2 aromatic rings. The van der Waals surface area contributed by atoms with Crippen molar-refractivity contribution in [2.24, 2.45) is 0 Å². The first kappa shape index (κ1) is 13.4. The molecule has 2 aromatic heterocycles. The van der Waals surface area contributed by atoms with Crippen molar-refractivity contribution >= 4 is 21.9 Å². The molecule has 0 aliphatic rings. The highest BCUT2D eigenvalue weighted by molar-refractivity contribution is 9.10. The Bertz CT molecular complexity index is 700. The molecule has 19 heavy (non-hydrogen) atoms. The predicted molar refractivity (Wildman–Crippen MR) is 68.8 cm³/mol. The molecule has 5 nitrogen and oxygen atoms in total. The quantitative estimate of drug-likeness (QED) is 0.625. The lowest BCUT2D eigenvalue weighted by Crippen LogP contribution is -2.20. The highest BCUT2D eigenvalue weighted by Crippen LogP contribution is 2.16. The van der Waals surface area contributed by atoms with Crippen molar-refractivity contribution in [3.63, 3.8) is 0 Å². The zero-order valence-electron chi connectivity index (χ0n) is 9.76. The van der Waals surface area contributed by atoms with Crippen LogP contribution in [0, 0.1) is 5.95 Å². The minimum atomic E-state index is -0.813.